The maximum atomic E-state index is 12.5. The molecule has 1 saturated heterocycles. The summed E-state index contributed by atoms with van der Waals surface area (Å²) < 4.78 is 5.56. The fraction of sp³-hybridized carbons (Fsp3) is 0.417. The van der Waals surface area contributed by atoms with E-state index in [2.05, 4.69) is 27.4 Å². The molecule has 2 N–H and O–H groups in total. The van der Waals surface area contributed by atoms with Crippen LogP contribution in [0.1, 0.15) is 19.4 Å². The Balaban J connectivity index is 1.42. The maximum Gasteiger partial charge on any atom is 0.238 e. The van der Waals surface area contributed by atoms with E-state index in [1.165, 1.54) is 0 Å². The third kappa shape index (κ3) is 6.80. The van der Waals surface area contributed by atoms with Gasteiger partial charge in [0.05, 0.1) is 25.4 Å². The van der Waals surface area contributed by atoms with Crippen molar-refractivity contribution in [3.8, 4) is 5.75 Å². The second kappa shape index (κ2) is 11.5. The molecule has 7 heteroatoms. The topological polar surface area (TPSA) is 73.9 Å². The highest BCUT2D eigenvalue weighted by molar-refractivity contribution is 5.94. The van der Waals surface area contributed by atoms with Gasteiger partial charge in [0.25, 0.3) is 0 Å². The van der Waals surface area contributed by atoms with Gasteiger partial charge in [-0.15, -0.1) is 0 Å². The number of carbonyl (C=O) groups is 2. The number of hydrogen-bond donors (Lipinski definition) is 2. The van der Waals surface area contributed by atoms with Crippen LogP contribution in [0.25, 0.3) is 0 Å². The molecule has 2 aromatic rings. The first kappa shape index (κ1) is 22.8. The third-order valence-electron chi connectivity index (χ3n) is 5.33. The van der Waals surface area contributed by atoms with Crippen molar-refractivity contribution in [1.82, 2.24) is 9.80 Å². The average Bonchev–Trinajstić information content (AvgIpc) is 2.77. The highest BCUT2D eigenvalue weighted by Crippen LogP contribution is 2.23. The highest BCUT2D eigenvalue weighted by atomic mass is 16.5. The molecule has 166 valence electrons. The molecule has 7 nitrogen and oxygen atoms in total. The first-order chi connectivity index (χ1) is 15.1. The largest absolute Gasteiger partial charge is 0.492 e. The summed E-state index contributed by atoms with van der Waals surface area (Å²) in [5.41, 5.74) is 2.72. The number of anilines is 2. The fourth-order valence-electron chi connectivity index (χ4n) is 3.69. The lowest BCUT2D eigenvalue weighted by atomic mass is 10.1. The van der Waals surface area contributed by atoms with Gasteiger partial charge in [-0.25, -0.2) is 0 Å². The predicted molar refractivity (Wildman–Crippen MR) is 124 cm³/mol. The van der Waals surface area contributed by atoms with Crippen molar-refractivity contribution < 1.29 is 14.3 Å². The number of ether oxygens (including phenoxy) is 1. The molecule has 1 aliphatic rings. The van der Waals surface area contributed by atoms with Gasteiger partial charge in [-0.1, -0.05) is 37.3 Å². The molecule has 1 aliphatic heterocycles. The van der Waals surface area contributed by atoms with Crippen LogP contribution in [0.15, 0.2) is 48.5 Å². The Hall–Kier alpha value is -2.90. The van der Waals surface area contributed by atoms with E-state index in [1.807, 2.05) is 55.5 Å². The monoisotopic (exact) mass is 424 g/mol. The number of rotatable bonds is 9. The van der Waals surface area contributed by atoms with E-state index in [1.54, 1.807) is 0 Å². The lowest BCUT2D eigenvalue weighted by Gasteiger charge is -2.33. The summed E-state index contributed by atoms with van der Waals surface area (Å²) in [5, 5.41) is 5.97. The number of benzene rings is 2. The van der Waals surface area contributed by atoms with Gasteiger partial charge in [-0.2, -0.15) is 0 Å². The van der Waals surface area contributed by atoms with Gasteiger partial charge >= 0.3 is 0 Å². The molecule has 0 atom stereocenters. The van der Waals surface area contributed by atoms with E-state index in [-0.39, 0.29) is 11.8 Å². The van der Waals surface area contributed by atoms with Gasteiger partial charge in [0.1, 0.15) is 5.75 Å². The minimum Gasteiger partial charge on any atom is -0.492 e. The van der Waals surface area contributed by atoms with Gasteiger partial charge in [-0.3, -0.25) is 19.4 Å². The molecule has 0 aliphatic carbocycles. The molecule has 0 saturated carbocycles. The van der Waals surface area contributed by atoms with Crippen molar-refractivity contribution in [2.45, 2.75) is 20.3 Å². The zero-order chi connectivity index (χ0) is 22.1. The van der Waals surface area contributed by atoms with Crippen molar-refractivity contribution >= 4 is 23.2 Å². The molecule has 0 aromatic heterocycles. The Morgan fingerprint density at radius 2 is 1.32 bits per heavy atom. The molecule has 0 unspecified atom stereocenters. The van der Waals surface area contributed by atoms with Crippen LogP contribution in [0.3, 0.4) is 0 Å². The number of amides is 2. The van der Waals surface area contributed by atoms with Crippen LogP contribution in [-0.4, -0.2) is 67.5 Å². The smallest absolute Gasteiger partial charge is 0.238 e. The lowest BCUT2D eigenvalue weighted by Crippen LogP contribution is -2.50. The van der Waals surface area contributed by atoms with Gasteiger partial charge < -0.3 is 15.4 Å². The van der Waals surface area contributed by atoms with Gasteiger partial charge in [0.15, 0.2) is 0 Å². The summed E-state index contributed by atoms with van der Waals surface area (Å²) in [6, 6.07) is 15.4. The lowest BCUT2D eigenvalue weighted by molar-refractivity contribution is -0.120. The first-order valence-electron chi connectivity index (χ1n) is 10.9. The summed E-state index contributed by atoms with van der Waals surface area (Å²) in [6.07, 6.45) is 0.881. The number of nitrogens with zero attached hydrogens (tertiary/aromatic N) is 2. The van der Waals surface area contributed by atoms with Crippen LogP contribution < -0.4 is 15.4 Å². The molecule has 3 rings (SSSR count). The van der Waals surface area contributed by atoms with Crippen LogP contribution >= 0.6 is 0 Å². The summed E-state index contributed by atoms with van der Waals surface area (Å²) in [7, 11) is 0. The summed E-state index contributed by atoms with van der Waals surface area (Å²) in [6.45, 7) is 8.24. The molecule has 2 amide bonds. The molecule has 1 fully saturated rings. The van der Waals surface area contributed by atoms with Crippen molar-refractivity contribution in [3.63, 3.8) is 0 Å². The van der Waals surface area contributed by atoms with E-state index in [0.29, 0.717) is 31.1 Å². The molecule has 31 heavy (non-hydrogen) atoms. The predicted octanol–water partition coefficient (Wildman–Crippen LogP) is 2.84. The molecular weight excluding hydrogens is 392 g/mol. The zero-order valence-corrected chi connectivity index (χ0v) is 18.4. The van der Waals surface area contributed by atoms with Crippen LogP contribution in [0, 0.1) is 0 Å². The maximum absolute atomic E-state index is 12.5. The number of para-hydroxylation sites is 3. The van der Waals surface area contributed by atoms with Crippen LogP contribution in [0.5, 0.6) is 5.75 Å². The number of hydrogen-bond acceptors (Lipinski definition) is 5. The van der Waals surface area contributed by atoms with Gasteiger partial charge in [0.2, 0.25) is 11.8 Å². The highest BCUT2D eigenvalue weighted by Gasteiger charge is 2.21. The molecule has 0 spiro atoms. The van der Waals surface area contributed by atoms with Crippen molar-refractivity contribution in [1.29, 1.82) is 0 Å². The van der Waals surface area contributed by atoms with E-state index in [4.69, 9.17) is 4.74 Å². The molecule has 0 radical (unpaired) electrons. The van der Waals surface area contributed by atoms with Crippen LogP contribution in [0.4, 0.5) is 11.4 Å². The average molecular weight is 425 g/mol. The Morgan fingerprint density at radius 1 is 0.806 bits per heavy atom. The standard InChI is InChI=1S/C24H32N4O3/c1-3-19-9-5-6-10-20(19)25-23(29)17-27-13-15-28(16-14-27)18-24(30)26-21-11-7-8-12-22(21)31-4-2/h5-12H,3-4,13-18H2,1-2H3,(H,25,29)(H,26,30). The summed E-state index contributed by atoms with van der Waals surface area (Å²) in [4.78, 5) is 29.2. The number of nitrogens with one attached hydrogen (secondary N) is 2. The van der Waals surface area contributed by atoms with E-state index >= 15 is 0 Å². The first-order valence-corrected chi connectivity index (χ1v) is 10.9. The van der Waals surface area contributed by atoms with E-state index < -0.39 is 0 Å². The van der Waals surface area contributed by atoms with Crippen molar-refractivity contribution in [2.75, 3.05) is 56.5 Å². The minimum absolute atomic E-state index is 0.000348. The third-order valence-corrected chi connectivity index (χ3v) is 5.33. The Labute approximate surface area is 184 Å². The molecular formula is C24H32N4O3. The molecule has 0 bridgehead atoms. The van der Waals surface area contributed by atoms with Crippen LogP contribution in [-0.2, 0) is 16.0 Å². The molecule has 2 aromatic carbocycles. The SMILES string of the molecule is CCOc1ccccc1NC(=O)CN1CCN(CC(=O)Nc2ccccc2CC)CC1. The minimum atomic E-state index is -0.0606. The zero-order valence-electron chi connectivity index (χ0n) is 18.4. The Morgan fingerprint density at radius 3 is 1.90 bits per heavy atom. The second-order valence-electron chi connectivity index (χ2n) is 7.59. The quantitative estimate of drug-likeness (QED) is 0.648. The number of aryl methyl sites for hydroxylation is 1. The van der Waals surface area contributed by atoms with Crippen molar-refractivity contribution in [3.05, 3.63) is 54.1 Å². The molecule has 1 heterocycles. The normalized spacial score (nSPS) is 14.8. The second-order valence-corrected chi connectivity index (χ2v) is 7.59. The summed E-state index contributed by atoms with van der Waals surface area (Å²) in [5.74, 6) is 0.618. The van der Waals surface area contributed by atoms with Gasteiger partial charge in [-0.05, 0) is 37.1 Å². The van der Waals surface area contributed by atoms with E-state index in [0.717, 1.165) is 43.9 Å². The Kier molecular flexibility index (Phi) is 8.44. The summed E-state index contributed by atoms with van der Waals surface area (Å²) >= 11 is 0. The fourth-order valence-corrected chi connectivity index (χ4v) is 3.69. The van der Waals surface area contributed by atoms with Gasteiger partial charge in [0, 0.05) is 31.9 Å². The Bertz CT molecular complexity index is 879. The van der Waals surface area contributed by atoms with E-state index in [9.17, 15) is 9.59 Å². The van der Waals surface area contributed by atoms with Crippen LogP contribution in [0.2, 0.25) is 0 Å². The van der Waals surface area contributed by atoms with Crippen molar-refractivity contribution in [2.24, 2.45) is 0 Å². The number of carbonyl (C=O) groups excluding carboxylic acids is 2. The number of piperazine rings is 1.